The maximum absolute atomic E-state index is 11.7. The van der Waals surface area contributed by atoms with E-state index >= 15 is 0 Å². The number of anilines is 3. The molecule has 0 aliphatic carbocycles. The van der Waals surface area contributed by atoms with Gasteiger partial charge in [0.2, 0.25) is 17.8 Å². The molecule has 3 aromatic rings. The number of carbonyl (C=O) groups is 1. The van der Waals surface area contributed by atoms with E-state index in [1.807, 2.05) is 60.7 Å². The zero-order valence-corrected chi connectivity index (χ0v) is 13.2. The van der Waals surface area contributed by atoms with Gasteiger partial charge < -0.3 is 5.32 Å². The number of nitrogens with one attached hydrogen (secondary N) is 2. The van der Waals surface area contributed by atoms with Crippen LogP contribution >= 0.6 is 0 Å². The van der Waals surface area contributed by atoms with Crippen LogP contribution in [0.25, 0.3) is 11.4 Å². The van der Waals surface area contributed by atoms with E-state index < -0.39 is 0 Å². The molecule has 0 saturated heterocycles. The molecule has 0 unspecified atom stereocenters. The van der Waals surface area contributed by atoms with Crippen molar-refractivity contribution in [3.63, 3.8) is 0 Å². The van der Waals surface area contributed by atoms with Gasteiger partial charge in [0, 0.05) is 17.7 Å². The molecule has 120 valence electrons. The first kappa shape index (κ1) is 15.6. The topological polar surface area (TPSA) is 79.8 Å². The molecular formula is C18H17N5O. The third-order valence-electron chi connectivity index (χ3n) is 3.27. The molecule has 0 aliphatic heterocycles. The van der Waals surface area contributed by atoms with Crippen molar-refractivity contribution in [3.8, 4) is 11.4 Å². The van der Waals surface area contributed by atoms with Crippen LogP contribution in [0.5, 0.6) is 0 Å². The highest BCUT2D eigenvalue weighted by atomic mass is 16.1. The largest absolute Gasteiger partial charge is 0.324 e. The van der Waals surface area contributed by atoms with Gasteiger partial charge in [0.25, 0.3) is 0 Å². The minimum Gasteiger partial charge on any atom is -0.324 e. The average Bonchev–Trinajstić information content (AvgIpc) is 2.63. The van der Waals surface area contributed by atoms with E-state index in [4.69, 9.17) is 0 Å². The molecular weight excluding hydrogens is 302 g/mol. The van der Waals surface area contributed by atoms with Gasteiger partial charge in [-0.25, -0.2) is 0 Å². The Kier molecular flexibility index (Phi) is 4.76. The summed E-state index contributed by atoms with van der Waals surface area (Å²) in [6.07, 6.45) is 0.355. The van der Waals surface area contributed by atoms with Crippen molar-refractivity contribution in [1.82, 2.24) is 15.0 Å². The van der Waals surface area contributed by atoms with Gasteiger partial charge in [-0.3, -0.25) is 10.1 Å². The Labute approximate surface area is 140 Å². The second kappa shape index (κ2) is 7.32. The zero-order valence-electron chi connectivity index (χ0n) is 13.2. The lowest BCUT2D eigenvalue weighted by molar-refractivity contribution is -0.115. The highest BCUT2D eigenvalue weighted by Crippen LogP contribution is 2.19. The van der Waals surface area contributed by atoms with Crippen LogP contribution < -0.4 is 10.6 Å². The molecule has 2 aromatic carbocycles. The monoisotopic (exact) mass is 319 g/mol. The molecule has 6 heteroatoms. The van der Waals surface area contributed by atoms with Gasteiger partial charge in [0.1, 0.15) is 0 Å². The maximum Gasteiger partial charge on any atom is 0.234 e. The predicted molar refractivity (Wildman–Crippen MR) is 93.9 cm³/mol. The first-order valence-corrected chi connectivity index (χ1v) is 7.68. The van der Waals surface area contributed by atoms with Crippen LogP contribution in [0.4, 0.5) is 17.6 Å². The zero-order chi connectivity index (χ0) is 16.8. The lowest BCUT2D eigenvalue weighted by Gasteiger charge is -2.09. The molecule has 1 amide bonds. The van der Waals surface area contributed by atoms with Crippen LogP contribution in [-0.2, 0) is 4.79 Å². The molecule has 0 aliphatic rings. The molecule has 1 aromatic heterocycles. The summed E-state index contributed by atoms with van der Waals surface area (Å²) in [7, 11) is 0. The predicted octanol–water partition coefficient (Wildman–Crippen LogP) is 3.63. The normalized spacial score (nSPS) is 10.2. The van der Waals surface area contributed by atoms with E-state index in [-0.39, 0.29) is 11.9 Å². The van der Waals surface area contributed by atoms with E-state index in [9.17, 15) is 4.79 Å². The maximum atomic E-state index is 11.7. The highest BCUT2D eigenvalue weighted by molar-refractivity contribution is 5.89. The van der Waals surface area contributed by atoms with Crippen LogP contribution in [0, 0.1) is 0 Å². The summed E-state index contributed by atoms with van der Waals surface area (Å²) in [5.74, 6) is 0.955. The molecule has 0 fully saturated rings. The Bertz CT molecular complexity index is 821. The van der Waals surface area contributed by atoms with Crippen molar-refractivity contribution in [1.29, 1.82) is 0 Å². The summed E-state index contributed by atoms with van der Waals surface area (Å²) in [6.45, 7) is 1.78. The Hall–Kier alpha value is -3.28. The second-order valence-corrected chi connectivity index (χ2v) is 5.07. The Morgan fingerprint density at radius 3 is 2.17 bits per heavy atom. The van der Waals surface area contributed by atoms with E-state index in [1.54, 1.807) is 6.92 Å². The van der Waals surface area contributed by atoms with Gasteiger partial charge >= 0.3 is 0 Å². The number of aromatic nitrogens is 3. The number of carbonyl (C=O) groups excluding carboxylic acids is 1. The minimum absolute atomic E-state index is 0.147. The van der Waals surface area contributed by atoms with Crippen LogP contribution in [0.15, 0.2) is 60.7 Å². The molecule has 0 bridgehead atoms. The minimum atomic E-state index is -0.147. The number of hydrogen-bond acceptors (Lipinski definition) is 5. The molecule has 0 atom stereocenters. The van der Waals surface area contributed by atoms with Gasteiger partial charge in [-0.2, -0.15) is 15.0 Å². The Morgan fingerprint density at radius 1 is 0.875 bits per heavy atom. The number of rotatable bonds is 5. The molecule has 0 spiro atoms. The lowest BCUT2D eigenvalue weighted by Crippen LogP contribution is -2.14. The van der Waals surface area contributed by atoms with Crippen LogP contribution in [-0.4, -0.2) is 20.9 Å². The summed E-state index contributed by atoms with van der Waals surface area (Å²) < 4.78 is 0. The first-order valence-electron chi connectivity index (χ1n) is 7.68. The molecule has 0 radical (unpaired) electrons. The van der Waals surface area contributed by atoms with Crippen LogP contribution in [0.2, 0.25) is 0 Å². The highest BCUT2D eigenvalue weighted by Gasteiger charge is 2.10. The van der Waals surface area contributed by atoms with E-state index in [0.717, 1.165) is 11.3 Å². The van der Waals surface area contributed by atoms with Crippen molar-refractivity contribution < 1.29 is 4.79 Å². The third kappa shape index (κ3) is 3.92. The molecule has 3 rings (SSSR count). The molecule has 24 heavy (non-hydrogen) atoms. The number of hydrogen-bond donors (Lipinski definition) is 2. The number of nitrogens with zero attached hydrogens (tertiary/aromatic N) is 3. The van der Waals surface area contributed by atoms with Crippen molar-refractivity contribution in [3.05, 3.63) is 60.7 Å². The fourth-order valence-electron chi connectivity index (χ4n) is 2.07. The smallest absolute Gasteiger partial charge is 0.234 e. The van der Waals surface area contributed by atoms with Gasteiger partial charge in [0.05, 0.1) is 0 Å². The summed E-state index contributed by atoms with van der Waals surface area (Å²) in [6, 6.07) is 19.2. The van der Waals surface area contributed by atoms with E-state index in [1.165, 1.54) is 0 Å². The van der Waals surface area contributed by atoms with Crippen molar-refractivity contribution in [2.24, 2.45) is 0 Å². The molecule has 2 N–H and O–H groups in total. The standard InChI is InChI=1S/C18H17N5O/c1-2-15(24)20-18-22-16(13-9-5-3-6-10-13)21-17(23-18)19-14-11-7-4-8-12-14/h3-12H,2H2,1H3,(H2,19,20,21,22,23,24). The van der Waals surface area contributed by atoms with Crippen molar-refractivity contribution in [2.45, 2.75) is 13.3 Å². The quantitative estimate of drug-likeness (QED) is 0.750. The van der Waals surface area contributed by atoms with E-state index in [2.05, 4.69) is 25.6 Å². The fraction of sp³-hybridized carbons (Fsp3) is 0.111. The molecule has 0 saturated carbocycles. The van der Waals surface area contributed by atoms with Gasteiger partial charge in [-0.05, 0) is 12.1 Å². The molecule has 6 nitrogen and oxygen atoms in total. The number of benzene rings is 2. The lowest BCUT2D eigenvalue weighted by atomic mass is 10.2. The summed E-state index contributed by atoms with van der Waals surface area (Å²) in [4.78, 5) is 24.7. The average molecular weight is 319 g/mol. The van der Waals surface area contributed by atoms with Gasteiger partial charge in [-0.15, -0.1) is 0 Å². The van der Waals surface area contributed by atoms with Crippen molar-refractivity contribution >= 4 is 23.5 Å². The second-order valence-electron chi connectivity index (χ2n) is 5.07. The number of amides is 1. The van der Waals surface area contributed by atoms with Crippen molar-refractivity contribution in [2.75, 3.05) is 10.6 Å². The van der Waals surface area contributed by atoms with Gasteiger partial charge in [0.15, 0.2) is 5.82 Å². The summed E-state index contributed by atoms with van der Waals surface area (Å²) >= 11 is 0. The Morgan fingerprint density at radius 2 is 1.50 bits per heavy atom. The van der Waals surface area contributed by atoms with Crippen LogP contribution in [0.1, 0.15) is 13.3 Å². The van der Waals surface area contributed by atoms with Crippen LogP contribution in [0.3, 0.4) is 0 Å². The van der Waals surface area contributed by atoms with E-state index in [0.29, 0.717) is 18.2 Å². The first-order chi connectivity index (χ1) is 11.7. The summed E-state index contributed by atoms with van der Waals surface area (Å²) in [5, 5.41) is 5.82. The number of para-hydroxylation sites is 1. The van der Waals surface area contributed by atoms with Gasteiger partial charge in [-0.1, -0.05) is 55.5 Å². The molecule has 1 heterocycles. The Balaban J connectivity index is 1.97. The third-order valence-corrected chi connectivity index (χ3v) is 3.27. The summed E-state index contributed by atoms with van der Waals surface area (Å²) in [5.41, 5.74) is 1.71. The SMILES string of the molecule is CCC(=O)Nc1nc(Nc2ccccc2)nc(-c2ccccc2)n1. The fourth-order valence-corrected chi connectivity index (χ4v) is 2.07.